The van der Waals surface area contributed by atoms with E-state index in [1.807, 2.05) is 14.2 Å². The standard InChI is InChI=1S/C46H42N2O2/c1-49-36-15-16-37(50-2)46-40(24-11-7-4-8-12-24)44-35-20-34(43(44)39(45(36)46)23-9-5-3-6-10-23)30-17-28-29(18-31(30)35)33-19-32(28)41-26-13-14-27(42(33)41)38(26)25(21-47)22-48/h3-12,15-16,26-35,41-42H,13-14,17-20H2,1-2H3. The summed E-state index contributed by atoms with van der Waals surface area (Å²) in [6.45, 7) is 0. The summed E-state index contributed by atoms with van der Waals surface area (Å²) in [6, 6.07) is 31.0. The number of allylic oxidation sites excluding steroid dienone is 2. The molecule has 12 unspecified atom stereocenters. The van der Waals surface area contributed by atoms with Crippen LogP contribution in [-0.2, 0) is 0 Å². The molecule has 50 heavy (non-hydrogen) atoms. The van der Waals surface area contributed by atoms with Gasteiger partial charge >= 0.3 is 0 Å². The van der Waals surface area contributed by atoms with Crippen LogP contribution in [0.3, 0.4) is 0 Å². The number of methoxy groups -OCH3 is 2. The van der Waals surface area contributed by atoms with Gasteiger partial charge in [0.1, 0.15) is 29.2 Å². The van der Waals surface area contributed by atoms with Crippen molar-refractivity contribution in [2.24, 2.45) is 59.2 Å². The molecule has 7 aliphatic carbocycles. The van der Waals surface area contributed by atoms with E-state index >= 15 is 0 Å². The van der Waals surface area contributed by atoms with Crippen LogP contribution in [-0.4, -0.2) is 14.2 Å². The fourth-order valence-electron chi connectivity index (χ4n) is 14.6. The van der Waals surface area contributed by atoms with Gasteiger partial charge in [0.15, 0.2) is 0 Å². The first kappa shape index (κ1) is 29.2. The number of rotatable bonds is 4. The molecule has 6 fully saturated rings. The summed E-state index contributed by atoms with van der Waals surface area (Å²) >= 11 is 0. The molecule has 6 bridgehead atoms. The summed E-state index contributed by atoms with van der Waals surface area (Å²) in [6.07, 6.45) is 7.73. The second kappa shape index (κ2) is 10.5. The first-order valence-corrected chi connectivity index (χ1v) is 19.1. The number of hydrogen-bond acceptors (Lipinski definition) is 4. The van der Waals surface area contributed by atoms with Crippen LogP contribution in [0.15, 0.2) is 83.9 Å². The normalized spacial score (nSPS) is 36.0. The lowest BCUT2D eigenvalue weighted by Crippen LogP contribution is -2.44. The molecule has 12 atom stereocenters. The number of nitriles is 2. The molecule has 0 radical (unpaired) electrons. The van der Waals surface area contributed by atoms with Crippen LogP contribution < -0.4 is 9.47 Å². The van der Waals surface area contributed by atoms with Crippen molar-refractivity contribution in [3.8, 4) is 45.9 Å². The highest BCUT2D eigenvalue weighted by molar-refractivity contribution is 6.14. The van der Waals surface area contributed by atoms with Gasteiger partial charge < -0.3 is 9.47 Å². The van der Waals surface area contributed by atoms with Gasteiger partial charge in [-0.25, -0.2) is 0 Å². The second-order valence-electron chi connectivity index (χ2n) is 16.7. The van der Waals surface area contributed by atoms with E-state index in [2.05, 4.69) is 84.9 Å². The molecule has 4 aromatic rings. The third kappa shape index (κ3) is 3.51. The van der Waals surface area contributed by atoms with E-state index in [0.717, 1.165) is 35.2 Å². The zero-order chi connectivity index (χ0) is 33.4. The highest BCUT2D eigenvalue weighted by Gasteiger charge is 2.70. The Kier molecular flexibility index (Phi) is 6.13. The van der Waals surface area contributed by atoms with Crippen molar-refractivity contribution >= 4 is 10.8 Å². The molecule has 11 rings (SSSR count). The van der Waals surface area contributed by atoms with Crippen molar-refractivity contribution in [3.05, 3.63) is 95.1 Å². The summed E-state index contributed by atoms with van der Waals surface area (Å²) in [5.41, 5.74) is 10.2. The highest BCUT2D eigenvalue weighted by Crippen LogP contribution is 2.78. The highest BCUT2D eigenvalue weighted by atomic mass is 16.5. The molecule has 0 N–H and O–H groups in total. The predicted molar refractivity (Wildman–Crippen MR) is 194 cm³/mol. The molecule has 0 saturated heterocycles. The molecule has 248 valence electrons. The molecule has 4 aromatic carbocycles. The predicted octanol–water partition coefficient (Wildman–Crippen LogP) is 10.3. The van der Waals surface area contributed by atoms with E-state index in [0.29, 0.717) is 52.9 Å². The van der Waals surface area contributed by atoms with Crippen molar-refractivity contribution < 1.29 is 9.47 Å². The largest absolute Gasteiger partial charge is 0.496 e. The van der Waals surface area contributed by atoms with E-state index in [-0.39, 0.29) is 0 Å². The van der Waals surface area contributed by atoms with E-state index in [4.69, 9.17) is 9.47 Å². The number of hydrogen-bond donors (Lipinski definition) is 0. The van der Waals surface area contributed by atoms with Crippen LogP contribution in [0.5, 0.6) is 11.5 Å². The van der Waals surface area contributed by atoms with E-state index in [1.165, 1.54) is 77.1 Å². The van der Waals surface area contributed by atoms with Crippen molar-refractivity contribution in [2.45, 2.75) is 50.4 Å². The summed E-state index contributed by atoms with van der Waals surface area (Å²) < 4.78 is 12.4. The fourth-order valence-corrected chi connectivity index (χ4v) is 14.6. The SMILES string of the molecule is COc1ccc(OC)c2c(-c3ccccc3)c3c(c(-c4ccccc4)c12)C1CC3C2CC3C(CC12)C1CC3C2C3CCC(C3=C(C#N)C#N)C12. The van der Waals surface area contributed by atoms with Crippen molar-refractivity contribution in [3.63, 3.8) is 0 Å². The Labute approximate surface area is 294 Å². The number of nitrogens with zero attached hydrogens (tertiary/aromatic N) is 2. The van der Waals surface area contributed by atoms with Gasteiger partial charge in [-0.2, -0.15) is 10.5 Å². The minimum Gasteiger partial charge on any atom is -0.496 e. The smallest absolute Gasteiger partial charge is 0.129 e. The van der Waals surface area contributed by atoms with Gasteiger partial charge in [0, 0.05) is 10.8 Å². The van der Waals surface area contributed by atoms with Gasteiger partial charge in [-0.3, -0.25) is 0 Å². The zero-order valence-electron chi connectivity index (χ0n) is 28.8. The third-order valence-electron chi connectivity index (χ3n) is 15.6. The minimum absolute atomic E-state index is 0.458. The van der Waals surface area contributed by atoms with Crippen molar-refractivity contribution in [2.75, 3.05) is 14.2 Å². The molecular weight excluding hydrogens is 613 g/mol. The van der Waals surface area contributed by atoms with Gasteiger partial charge in [0.2, 0.25) is 0 Å². The van der Waals surface area contributed by atoms with Crippen LogP contribution in [0.2, 0.25) is 0 Å². The molecule has 0 heterocycles. The molecule has 0 aliphatic heterocycles. The van der Waals surface area contributed by atoms with Gasteiger partial charge in [-0.05, 0) is 161 Å². The van der Waals surface area contributed by atoms with Gasteiger partial charge in [0.25, 0.3) is 0 Å². The van der Waals surface area contributed by atoms with Gasteiger partial charge in [0.05, 0.1) is 14.2 Å². The monoisotopic (exact) mass is 654 g/mol. The van der Waals surface area contributed by atoms with Crippen molar-refractivity contribution in [1.82, 2.24) is 0 Å². The Morgan fingerprint density at radius 2 is 0.980 bits per heavy atom. The van der Waals surface area contributed by atoms with Crippen LogP contribution >= 0.6 is 0 Å². The lowest BCUT2D eigenvalue weighted by molar-refractivity contribution is -0.00521. The quantitative estimate of drug-likeness (QED) is 0.162. The molecule has 6 saturated carbocycles. The van der Waals surface area contributed by atoms with Gasteiger partial charge in [-0.1, -0.05) is 60.7 Å². The Balaban J connectivity index is 1.10. The summed E-state index contributed by atoms with van der Waals surface area (Å²) in [7, 11) is 3.62. The Morgan fingerprint density at radius 1 is 0.540 bits per heavy atom. The Hall–Kier alpha value is -4.54. The average molecular weight is 655 g/mol. The van der Waals surface area contributed by atoms with E-state index < -0.39 is 0 Å². The lowest BCUT2D eigenvalue weighted by atomic mass is 9.54. The number of benzene rings is 4. The Morgan fingerprint density at radius 3 is 1.40 bits per heavy atom. The molecule has 0 spiro atoms. The van der Waals surface area contributed by atoms with E-state index in [9.17, 15) is 10.5 Å². The molecule has 4 heteroatoms. The average Bonchev–Trinajstić information content (AvgIpc) is 4.02. The summed E-state index contributed by atoms with van der Waals surface area (Å²) in [5, 5.41) is 22.2. The maximum atomic E-state index is 9.93. The third-order valence-corrected chi connectivity index (χ3v) is 15.6. The summed E-state index contributed by atoms with van der Waals surface area (Å²) in [5.74, 6) is 9.82. The first-order chi connectivity index (χ1) is 24.7. The zero-order valence-corrected chi connectivity index (χ0v) is 28.8. The molecular formula is C46H42N2O2. The minimum atomic E-state index is 0.458. The van der Waals surface area contributed by atoms with Crippen LogP contribution in [0, 0.1) is 81.8 Å². The number of fused-ring (bicyclic) bond motifs is 21. The summed E-state index contributed by atoms with van der Waals surface area (Å²) in [4.78, 5) is 0. The molecule has 0 aromatic heterocycles. The maximum absolute atomic E-state index is 9.93. The topological polar surface area (TPSA) is 66.0 Å². The van der Waals surface area contributed by atoms with Crippen LogP contribution in [0.1, 0.15) is 61.5 Å². The molecule has 0 amide bonds. The van der Waals surface area contributed by atoms with Crippen molar-refractivity contribution in [1.29, 1.82) is 10.5 Å². The van der Waals surface area contributed by atoms with Crippen LogP contribution in [0.25, 0.3) is 33.0 Å². The lowest BCUT2D eigenvalue weighted by Gasteiger charge is -2.51. The molecule has 7 aliphatic rings. The molecule has 4 nitrogen and oxygen atoms in total. The fraction of sp³-hybridized carbons (Fsp3) is 0.435. The maximum Gasteiger partial charge on any atom is 0.129 e. The van der Waals surface area contributed by atoms with E-state index in [1.54, 1.807) is 11.1 Å². The Bertz CT molecular complexity index is 2060. The van der Waals surface area contributed by atoms with Crippen LogP contribution in [0.4, 0.5) is 0 Å². The second-order valence-corrected chi connectivity index (χ2v) is 16.7. The van der Waals surface area contributed by atoms with Gasteiger partial charge in [-0.15, -0.1) is 0 Å². The number of ether oxygens (including phenoxy) is 2. The first-order valence-electron chi connectivity index (χ1n) is 19.1.